The van der Waals surface area contributed by atoms with Crippen molar-refractivity contribution in [3.05, 3.63) is 65.7 Å². The molecule has 1 unspecified atom stereocenters. The van der Waals surface area contributed by atoms with Crippen LogP contribution in [0.15, 0.2) is 60.7 Å². The van der Waals surface area contributed by atoms with Crippen LogP contribution in [0.25, 0.3) is 21.7 Å². The summed E-state index contributed by atoms with van der Waals surface area (Å²) in [7, 11) is 0. The molecule has 0 aliphatic carbocycles. The van der Waals surface area contributed by atoms with Crippen LogP contribution in [0.1, 0.15) is 18.0 Å². The van der Waals surface area contributed by atoms with Gasteiger partial charge in [0.1, 0.15) is 11.1 Å². The predicted octanol–water partition coefficient (Wildman–Crippen LogP) is 4.53. The van der Waals surface area contributed by atoms with Gasteiger partial charge in [-0.3, -0.25) is 0 Å². The van der Waals surface area contributed by atoms with E-state index < -0.39 is 6.10 Å². The van der Waals surface area contributed by atoms with Gasteiger partial charge in [0.05, 0.1) is 10.6 Å². The van der Waals surface area contributed by atoms with Crippen molar-refractivity contribution in [2.24, 2.45) is 0 Å². The Labute approximate surface area is 122 Å². The zero-order chi connectivity index (χ0) is 13.9. The van der Waals surface area contributed by atoms with Gasteiger partial charge >= 0.3 is 0 Å². The molecule has 3 heteroatoms. The van der Waals surface area contributed by atoms with E-state index in [9.17, 15) is 5.11 Å². The van der Waals surface area contributed by atoms with E-state index in [1.165, 1.54) is 0 Å². The fraction of sp³-hybridized carbons (Fsp3) is 0.118. The monoisotopic (exact) mass is 281 g/mol. The normalized spacial score (nSPS) is 12.3. The van der Waals surface area contributed by atoms with Crippen LogP contribution in [0.4, 0.5) is 0 Å². The van der Waals surface area contributed by atoms with E-state index in [0.29, 0.717) is 0 Å². The molecule has 3 aromatic rings. The highest BCUT2D eigenvalue weighted by Crippen LogP contribution is 2.38. The van der Waals surface area contributed by atoms with Gasteiger partial charge in [0.2, 0.25) is 0 Å². The van der Waals surface area contributed by atoms with Crippen LogP contribution >= 0.6 is 11.3 Å². The van der Waals surface area contributed by atoms with Crippen molar-refractivity contribution in [2.45, 2.75) is 13.0 Å². The van der Waals surface area contributed by atoms with Crippen LogP contribution in [-0.4, -0.2) is 10.1 Å². The molecular formula is C17H15NOS. The summed E-state index contributed by atoms with van der Waals surface area (Å²) in [5, 5.41) is 10.6. The Morgan fingerprint density at radius 1 is 0.900 bits per heavy atom. The number of aromatic nitrogens is 1. The molecule has 1 N–H and O–H groups in total. The third-order valence-electron chi connectivity index (χ3n) is 3.08. The van der Waals surface area contributed by atoms with E-state index in [1.807, 2.05) is 48.5 Å². The van der Waals surface area contributed by atoms with Gasteiger partial charge < -0.3 is 5.11 Å². The van der Waals surface area contributed by atoms with E-state index in [2.05, 4.69) is 17.1 Å². The lowest BCUT2D eigenvalue weighted by molar-refractivity contribution is 0.199. The quantitative estimate of drug-likeness (QED) is 0.765. The predicted molar refractivity (Wildman–Crippen MR) is 83.6 cm³/mol. The lowest BCUT2D eigenvalue weighted by Gasteiger charge is -2.02. The number of aliphatic hydroxyl groups excluding tert-OH is 1. The summed E-state index contributed by atoms with van der Waals surface area (Å²) in [6.07, 6.45) is -0.542. The van der Waals surface area contributed by atoms with Crippen molar-refractivity contribution < 1.29 is 5.11 Å². The Balaban J connectivity index is 2.18. The topological polar surface area (TPSA) is 33.1 Å². The zero-order valence-corrected chi connectivity index (χ0v) is 12.0. The molecule has 20 heavy (non-hydrogen) atoms. The highest BCUT2D eigenvalue weighted by molar-refractivity contribution is 7.15. The third-order valence-corrected chi connectivity index (χ3v) is 4.36. The van der Waals surface area contributed by atoms with Gasteiger partial charge in [-0.05, 0) is 12.5 Å². The highest BCUT2D eigenvalue weighted by atomic mass is 32.1. The summed E-state index contributed by atoms with van der Waals surface area (Å²) in [6, 6.07) is 20.3. The van der Waals surface area contributed by atoms with Crippen LogP contribution in [0, 0.1) is 0 Å². The van der Waals surface area contributed by atoms with Crippen LogP contribution in [0.3, 0.4) is 0 Å². The Hall–Kier alpha value is -1.97. The smallest absolute Gasteiger partial charge is 0.122 e. The van der Waals surface area contributed by atoms with Gasteiger partial charge in [-0.2, -0.15) is 0 Å². The van der Waals surface area contributed by atoms with Crippen LogP contribution < -0.4 is 0 Å². The first-order valence-corrected chi connectivity index (χ1v) is 7.37. The second-order valence-electron chi connectivity index (χ2n) is 4.64. The maximum absolute atomic E-state index is 9.80. The number of aliphatic hydroxyl groups is 1. The summed E-state index contributed by atoms with van der Waals surface area (Å²) in [5.74, 6) is 0. The van der Waals surface area contributed by atoms with Crippen LogP contribution in [-0.2, 0) is 0 Å². The molecule has 0 radical (unpaired) electrons. The van der Waals surface area contributed by atoms with Crippen molar-refractivity contribution in [3.63, 3.8) is 0 Å². The van der Waals surface area contributed by atoms with Gasteiger partial charge in [-0.1, -0.05) is 60.7 Å². The molecule has 0 spiro atoms. The molecule has 0 aliphatic rings. The number of hydrogen-bond donors (Lipinski definition) is 1. The molecule has 100 valence electrons. The van der Waals surface area contributed by atoms with Crippen molar-refractivity contribution in [1.82, 2.24) is 4.98 Å². The first-order valence-electron chi connectivity index (χ1n) is 6.55. The lowest BCUT2D eigenvalue weighted by Crippen LogP contribution is -1.89. The minimum absolute atomic E-state index is 0.542. The number of rotatable bonds is 3. The zero-order valence-electron chi connectivity index (χ0n) is 11.2. The van der Waals surface area contributed by atoms with E-state index >= 15 is 0 Å². The van der Waals surface area contributed by atoms with Crippen LogP contribution in [0.2, 0.25) is 0 Å². The average Bonchev–Trinajstić information content (AvgIpc) is 2.94. The molecule has 2 nitrogen and oxygen atoms in total. The second-order valence-corrected chi connectivity index (χ2v) is 5.67. The number of hydrogen-bond acceptors (Lipinski definition) is 3. The third kappa shape index (κ3) is 2.50. The van der Waals surface area contributed by atoms with Gasteiger partial charge in [0, 0.05) is 5.56 Å². The van der Waals surface area contributed by atoms with Gasteiger partial charge in [0.25, 0.3) is 0 Å². The first-order chi connectivity index (χ1) is 9.75. The molecule has 1 heterocycles. The summed E-state index contributed by atoms with van der Waals surface area (Å²) in [4.78, 5) is 5.73. The molecule has 2 aromatic carbocycles. The van der Waals surface area contributed by atoms with E-state index in [-0.39, 0.29) is 0 Å². The van der Waals surface area contributed by atoms with Gasteiger partial charge in [-0.25, -0.2) is 4.98 Å². The lowest BCUT2D eigenvalue weighted by atomic mass is 10.1. The Kier molecular flexibility index (Phi) is 3.63. The number of nitrogens with zero attached hydrogens (tertiary/aromatic N) is 1. The molecule has 0 saturated carbocycles. The molecule has 1 atom stereocenters. The number of thiazole rings is 1. The number of benzene rings is 2. The van der Waals surface area contributed by atoms with Crippen LogP contribution in [0.5, 0.6) is 0 Å². The average molecular weight is 281 g/mol. The minimum Gasteiger partial charge on any atom is -0.386 e. The maximum Gasteiger partial charge on any atom is 0.122 e. The van der Waals surface area contributed by atoms with Gasteiger partial charge in [-0.15, -0.1) is 11.3 Å². The molecule has 0 saturated heterocycles. The van der Waals surface area contributed by atoms with E-state index in [1.54, 1.807) is 18.3 Å². The van der Waals surface area contributed by atoms with E-state index in [0.717, 1.165) is 26.7 Å². The molecule has 0 fully saturated rings. The summed E-state index contributed by atoms with van der Waals surface area (Å²) >= 11 is 1.55. The Morgan fingerprint density at radius 2 is 1.45 bits per heavy atom. The van der Waals surface area contributed by atoms with E-state index in [4.69, 9.17) is 0 Å². The summed E-state index contributed by atoms with van der Waals surface area (Å²) in [5.41, 5.74) is 3.16. The van der Waals surface area contributed by atoms with Gasteiger partial charge in [0.15, 0.2) is 0 Å². The molecule has 0 bridgehead atoms. The second kappa shape index (κ2) is 5.57. The van der Waals surface area contributed by atoms with Crippen molar-refractivity contribution in [3.8, 4) is 21.7 Å². The van der Waals surface area contributed by atoms with Crippen molar-refractivity contribution >= 4 is 11.3 Å². The highest BCUT2D eigenvalue weighted by Gasteiger charge is 2.16. The molecule has 0 amide bonds. The Morgan fingerprint density at radius 3 is 2.00 bits per heavy atom. The standard InChI is InChI=1S/C17H15NOS/c1-12(19)17-18-15(13-8-4-2-5-9-13)16(20-17)14-10-6-3-7-11-14/h2-12,19H,1H3. The SMILES string of the molecule is CC(O)c1nc(-c2ccccc2)c(-c2ccccc2)s1. The summed E-state index contributed by atoms with van der Waals surface area (Å²) < 4.78 is 0. The maximum atomic E-state index is 9.80. The van der Waals surface area contributed by atoms with Crippen molar-refractivity contribution in [1.29, 1.82) is 0 Å². The molecule has 3 rings (SSSR count). The minimum atomic E-state index is -0.542. The molecule has 1 aromatic heterocycles. The fourth-order valence-corrected chi connectivity index (χ4v) is 3.12. The fourth-order valence-electron chi connectivity index (χ4n) is 2.09. The molecular weight excluding hydrogens is 266 g/mol. The summed E-state index contributed by atoms with van der Waals surface area (Å²) in [6.45, 7) is 1.75. The van der Waals surface area contributed by atoms with Crippen molar-refractivity contribution in [2.75, 3.05) is 0 Å². The molecule has 0 aliphatic heterocycles. The largest absolute Gasteiger partial charge is 0.386 e. The first kappa shape index (κ1) is 13.0. The Bertz CT molecular complexity index is 633.